The Kier molecular flexibility index (Phi) is 5.16. The average Bonchev–Trinajstić information content (AvgIpc) is 2.40. The summed E-state index contributed by atoms with van der Waals surface area (Å²) in [5.74, 6) is 0.561. The lowest BCUT2D eigenvalue weighted by atomic mass is 10.2. The van der Waals surface area contributed by atoms with Crippen molar-refractivity contribution in [2.75, 3.05) is 16.8 Å². The quantitative estimate of drug-likeness (QED) is 0.504. The van der Waals surface area contributed by atoms with Gasteiger partial charge in [-0.3, -0.25) is 4.79 Å². The Morgan fingerprint density at radius 1 is 1.24 bits per heavy atom. The fourth-order valence-corrected chi connectivity index (χ4v) is 2.70. The van der Waals surface area contributed by atoms with Crippen LogP contribution in [0.5, 0.6) is 0 Å². The number of hydrogen-bond acceptors (Lipinski definition) is 5. The van der Waals surface area contributed by atoms with Crippen molar-refractivity contribution in [3.8, 4) is 0 Å². The van der Waals surface area contributed by atoms with E-state index in [0.29, 0.717) is 28.7 Å². The molecule has 1 amide bonds. The van der Waals surface area contributed by atoms with Crippen LogP contribution in [0.25, 0.3) is 0 Å². The van der Waals surface area contributed by atoms with Crippen molar-refractivity contribution in [3.05, 3.63) is 41.7 Å². The van der Waals surface area contributed by atoms with Crippen molar-refractivity contribution in [2.24, 2.45) is 0 Å². The molecule has 6 heteroatoms. The number of aryl methyl sites for hydroxylation is 2. The number of anilines is 2. The second kappa shape index (κ2) is 7.08. The van der Waals surface area contributed by atoms with Crippen molar-refractivity contribution >= 4 is 29.0 Å². The number of carbonyl (C=O) groups is 1. The number of nitrogens with zero attached hydrogens (tertiary/aromatic N) is 2. The molecule has 2 aromatic rings. The van der Waals surface area contributed by atoms with Gasteiger partial charge in [0.25, 0.3) is 0 Å². The minimum Gasteiger partial charge on any atom is -0.397 e. The Morgan fingerprint density at radius 2 is 1.90 bits per heavy atom. The summed E-state index contributed by atoms with van der Waals surface area (Å²) >= 11 is 1.48. The van der Waals surface area contributed by atoms with Crippen LogP contribution in [-0.4, -0.2) is 21.6 Å². The molecule has 0 saturated heterocycles. The van der Waals surface area contributed by atoms with Crippen LogP contribution in [-0.2, 0) is 4.79 Å². The molecule has 1 aromatic heterocycles. The van der Waals surface area contributed by atoms with Gasteiger partial charge in [0.05, 0.1) is 11.4 Å². The molecule has 0 saturated carbocycles. The average molecular weight is 302 g/mol. The second-order valence-corrected chi connectivity index (χ2v) is 5.73. The van der Waals surface area contributed by atoms with Crippen molar-refractivity contribution in [2.45, 2.75) is 25.4 Å². The number of nitrogen functional groups attached to an aromatic ring is 1. The van der Waals surface area contributed by atoms with Gasteiger partial charge in [-0.25, -0.2) is 9.97 Å². The summed E-state index contributed by atoms with van der Waals surface area (Å²) in [7, 11) is 0. The van der Waals surface area contributed by atoms with Crippen LogP contribution in [0.1, 0.15) is 17.8 Å². The molecule has 2 rings (SSSR count). The number of thioether (sulfide) groups is 1. The van der Waals surface area contributed by atoms with Crippen molar-refractivity contribution < 1.29 is 4.79 Å². The third-order valence-electron chi connectivity index (χ3n) is 2.76. The van der Waals surface area contributed by atoms with E-state index in [1.54, 1.807) is 12.1 Å². The largest absolute Gasteiger partial charge is 0.397 e. The Balaban J connectivity index is 1.83. The summed E-state index contributed by atoms with van der Waals surface area (Å²) < 4.78 is 0. The smallest absolute Gasteiger partial charge is 0.225 e. The third kappa shape index (κ3) is 4.75. The molecule has 0 unspecified atom stereocenters. The van der Waals surface area contributed by atoms with Crippen LogP contribution in [0.2, 0.25) is 0 Å². The summed E-state index contributed by atoms with van der Waals surface area (Å²) in [6.07, 6.45) is 0.384. The van der Waals surface area contributed by atoms with Gasteiger partial charge in [-0.05, 0) is 32.0 Å². The molecule has 0 aliphatic carbocycles. The number of amides is 1. The second-order valence-electron chi connectivity index (χ2n) is 4.67. The van der Waals surface area contributed by atoms with Crippen LogP contribution < -0.4 is 11.1 Å². The molecule has 0 bridgehead atoms. The van der Waals surface area contributed by atoms with E-state index < -0.39 is 0 Å². The first kappa shape index (κ1) is 15.3. The highest BCUT2D eigenvalue weighted by molar-refractivity contribution is 7.99. The van der Waals surface area contributed by atoms with Gasteiger partial charge < -0.3 is 11.1 Å². The maximum absolute atomic E-state index is 11.9. The van der Waals surface area contributed by atoms with E-state index in [1.165, 1.54) is 11.8 Å². The number of para-hydroxylation sites is 2. The Morgan fingerprint density at radius 3 is 2.57 bits per heavy atom. The highest BCUT2D eigenvalue weighted by Gasteiger charge is 2.06. The van der Waals surface area contributed by atoms with E-state index in [-0.39, 0.29) is 5.91 Å². The Hall–Kier alpha value is -2.08. The summed E-state index contributed by atoms with van der Waals surface area (Å²) in [5, 5.41) is 3.51. The fourth-order valence-electron chi connectivity index (χ4n) is 1.82. The van der Waals surface area contributed by atoms with E-state index in [2.05, 4.69) is 15.3 Å². The van der Waals surface area contributed by atoms with E-state index in [0.717, 1.165) is 11.4 Å². The van der Waals surface area contributed by atoms with Gasteiger partial charge in [0.2, 0.25) is 5.91 Å². The molecule has 3 N–H and O–H groups in total. The molecule has 1 aromatic carbocycles. The van der Waals surface area contributed by atoms with Crippen molar-refractivity contribution in [1.29, 1.82) is 0 Å². The first-order valence-electron chi connectivity index (χ1n) is 6.64. The zero-order valence-electron chi connectivity index (χ0n) is 12.1. The summed E-state index contributed by atoms with van der Waals surface area (Å²) in [5.41, 5.74) is 8.87. The molecular weight excluding hydrogens is 284 g/mol. The highest BCUT2D eigenvalue weighted by atomic mass is 32.2. The van der Waals surface area contributed by atoms with Gasteiger partial charge in [-0.15, -0.1) is 0 Å². The number of aromatic nitrogens is 2. The SMILES string of the molecule is Cc1cc(C)nc(SCCC(=O)Nc2ccccc2N)n1. The highest BCUT2D eigenvalue weighted by Crippen LogP contribution is 2.18. The lowest BCUT2D eigenvalue weighted by Gasteiger charge is -2.07. The van der Waals surface area contributed by atoms with Gasteiger partial charge in [-0.1, -0.05) is 23.9 Å². The van der Waals surface area contributed by atoms with Crippen LogP contribution in [0.15, 0.2) is 35.5 Å². The molecule has 0 aliphatic rings. The molecule has 1 heterocycles. The predicted molar refractivity (Wildman–Crippen MR) is 86.3 cm³/mol. The van der Waals surface area contributed by atoms with Gasteiger partial charge in [0.1, 0.15) is 0 Å². The van der Waals surface area contributed by atoms with Gasteiger partial charge >= 0.3 is 0 Å². The van der Waals surface area contributed by atoms with Gasteiger partial charge in [-0.2, -0.15) is 0 Å². The molecular formula is C15H18N4OS. The molecule has 0 aliphatic heterocycles. The van der Waals surface area contributed by atoms with Crippen LogP contribution in [0, 0.1) is 13.8 Å². The topological polar surface area (TPSA) is 80.9 Å². The normalized spacial score (nSPS) is 10.4. The van der Waals surface area contributed by atoms with Crippen LogP contribution in [0.4, 0.5) is 11.4 Å². The third-order valence-corrected chi connectivity index (χ3v) is 3.61. The molecule has 5 nitrogen and oxygen atoms in total. The molecule has 110 valence electrons. The van der Waals surface area contributed by atoms with E-state index >= 15 is 0 Å². The number of hydrogen-bond donors (Lipinski definition) is 2. The summed E-state index contributed by atoms with van der Waals surface area (Å²) in [6, 6.07) is 9.14. The standard InChI is InChI=1S/C15H18N4OS/c1-10-9-11(2)18-15(17-10)21-8-7-14(20)19-13-6-4-3-5-12(13)16/h3-6,9H,7-8,16H2,1-2H3,(H,19,20). The van der Waals surface area contributed by atoms with Gasteiger partial charge in [0, 0.05) is 23.6 Å². The minimum absolute atomic E-state index is 0.0650. The van der Waals surface area contributed by atoms with Crippen molar-refractivity contribution in [1.82, 2.24) is 9.97 Å². The minimum atomic E-state index is -0.0650. The first-order chi connectivity index (χ1) is 10.0. The summed E-state index contributed by atoms with van der Waals surface area (Å²) in [6.45, 7) is 3.87. The van der Waals surface area contributed by atoms with Crippen LogP contribution >= 0.6 is 11.8 Å². The lowest BCUT2D eigenvalue weighted by molar-refractivity contribution is -0.115. The first-order valence-corrected chi connectivity index (χ1v) is 7.62. The van der Waals surface area contributed by atoms with Gasteiger partial charge in [0.15, 0.2) is 5.16 Å². The zero-order chi connectivity index (χ0) is 15.2. The maximum Gasteiger partial charge on any atom is 0.225 e. The molecule has 0 fully saturated rings. The number of benzene rings is 1. The van der Waals surface area contributed by atoms with E-state index in [1.807, 2.05) is 32.0 Å². The summed E-state index contributed by atoms with van der Waals surface area (Å²) in [4.78, 5) is 20.5. The number of nitrogens with two attached hydrogens (primary N) is 1. The number of rotatable bonds is 5. The number of nitrogens with one attached hydrogen (secondary N) is 1. The van der Waals surface area contributed by atoms with E-state index in [9.17, 15) is 4.79 Å². The fraction of sp³-hybridized carbons (Fsp3) is 0.267. The Labute approximate surface area is 128 Å². The molecule has 0 radical (unpaired) electrons. The molecule has 21 heavy (non-hydrogen) atoms. The maximum atomic E-state index is 11.9. The van der Waals surface area contributed by atoms with Crippen molar-refractivity contribution in [3.63, 3.8) is 0 Å². The number of carbonyl (C=O) groups excluding carboxylic acids is 1. The molecule has 0 atom stereocenters. The lowest BCUT2D eigenvalue weighted by Crippen LogP contribution is -2.13. The van der Waals surface area contributed by atoms with E-state index in [4.69, 9.17) is 5.73 Å². The Bertz CT molecular complexity index is 625. The zero-order valence-corrected chi connectivity index (χ0v) is 12.9. The predicted octanol–water partition coefficient (Wildman–Crippen LogP) is 2.80. The molecule has 0 spiro atoms. The van der Waals surface area contributed by atoms with Crippen LogP contribution in [0.3, 0.4) is 0 Å². The monoisotopic (exact) mass is 302 g/mol.